The molecule has 0 bridgehead atoms. The third kappa shape index (κ3) is 3.22. The van der Waals surface area contributed by atoms with Crippen LogP contribution in [0.1, 0.15) is 38.3 Å². The van der Waals surface area contributed by atoms with Gasteiger partial charge in [0.2, 0.25) is 0 Å². The lowest BCUT2D eigenvalue weighted by Crippen LogP contribution is -2.16. The number of aliphatic hydroxyl groups excluding tert-OH is 1. The fourth-order valence-electron chi connectivity index (χ4n) is 1.43. The Morgan fingerprint density at radius 2 is 2.28 bits per heavy atom. The number of nitriles is 1. The Bertz CT molecular complexity index is 455. The summed E-state index contributed by atoms with van der Waals surface area (Å²) in [5.74, 6) is 0.863. The average molecular weight is 266 g/mol. The molecule has 0 aliphatic heterocycles. The van der Waals surface area contributed by atoms with Gasteiger partial charge in [0.1, 0.15) is 5.69 Å². The first-order chi connectivity index (χ1) is 8.46. The lowest BCUT2D eigenvalue weighted by molar-refractivity contribution is -0.0818. The van der Waals surface area contributed by atoms with Crippen molar-refractivity contribution >= 4 is 11.8 Å². The van der Waals surface area contributed by atoms with E-state index in [1.54, 1.807) is 18.0 Å². The zero-order valence-electron chi connectivity index (χ0n) is 11.1. The smallest absolute Gasteiger partial charge is 0.199 e. The molecule has 4 nitrogen and oxygen atoms in total. The minimum Gasteiger partial charge on any atom is -0.363 e. The lowest BCUT2D eigenvalue weighted by Gasteiger charge is -2.19. The van der Waals surface area contributed by atoms with Crippen molar-refractivity contribution in [1.82, 2.24) is 4.98 Å². The van der Waals surface area contributed by atoms with E-state index < -0.39 is 11.7 Å². The molecule has 0 saturated heterocycles. The fourth-order valence-corrected chi connectivity index (χ4v) is 2.25. The minimum atomic E-state index is -1.03. The van der Waals surface area contributed by atoms with Crippen molar-refractivity contribution in [2.45, 2.75) is 37.4 Å². The number of hydrogen-bond acceptors (Lipinski definition) is 5. The molecule has 5 heteroatoms. The number of aromatic nitrogens is 1. The summed E-state index contributed by atoms with van der Waals surface area (Å²) in [5, 5.41) is 18.9. The zero-order valence-corrected chi connectivity index (χ0v) is 11.9. The van der Waals surface area contributed by atoms with Gasteiger partial charge in [0, 0.05) is 18.2 Å². The van der Waals surface area contributed by atoms with Crippen molar-refractivity contribution in [1.29, 1.82) is 5.26 Å². The Kier molecular flexibility index (Phi) is 5.15. The van der Waals surface area contributed by atoms with Crippen LogP contribution >= 0.6 is 11.8 Å². The summed E-state index contributed by atoms with van der Waals surface area (Å²) >= 11 is 1.57. The molecule has 0 saturated carbocycles. The van der Waals surface area contributed by atoms with Crippen molar-refractivity contribution in [3.05, 3.63) is 23.5 Å². The lowest BCUT2D eigenvalue weighted by atomic mass is 9.87. The van der Waals surface area contributed by atoms with Gasteiger partial charge in [-0.15, -0.1) is 11.8 Å². The van der Waals surface area contributed by atoms with Gasteiger partial charge in [0.05, 0.1) is 11.5 Å². The topological polar surface area (TPSA) is 66.1 Å². The second-order valence-corrected chi connectivity index (χ2v) is 5.67. The van der Waals surface area contributed by atoms with Crippen molar-refractivity contribution in [2.75, 3.05) is 12.9 Å². The number of rotatable bonds is 5. The molecule has 0 amide bonds. The van der Waals surface area contributed by atoms with E-state index >= 15 is 0 Å². The van der Waals surface area contributed by atoms with Gasteiger partial charge in [-0.05, 0) is 31.2 Å². The van der Waals surface area contributed by atoms with Gasteiger partial charge in [-0.3, -0.25) is 4.98 Å². The quantitative estimate of drug-likeness (QED) is 0.655. The zero-order chi connectivity index (χ0) is 13.8. The first kappa shape index (κ1) is 15.0. The number of hydrogen-bond donors (Lipinski definition) is 1. The number of thioether (sulfide) groups is 1. The van der Waals surface area contributed by atoms with Crippen molar-refractivity contribution in [3.8, 4) is 6.07 Å². The van der Waals surface area contributed by atoms with Crippen molar-refractivity contribution in [3.63, 3.8) is 0 Å². The summed E-state index contributed by atoms with van der Waals surface area (Å²) in [6, 6.07) is 4.15. The summed E-state index contributed by atoms with van der Waals surface area (Å²) in [6.07, 6.45) is 0.596. The third-order valence-electron chi connectivity index (χ3n) is 2.64. The van der Waals surface area contributed by atoms with E-state index in [0.29, 0.717) is 5.69 Å². The minimum absolute atomic E-state index is 0.502. The molecular formula is C13H18N2O2S. The molecule has 1 aromatic heterocycles. The average Bonchev–Trinajstić information content (AvgIpc) is 2.38. The highest BCUT2D eigenvalue weighted by Gasteiger charge is 2.23. The van der Waals surface area contributed by atoms with Gasteiger partial charge in [-0.25, -0.2) is 0 Å². The fraction of sp³-hybridized carbons (Fsp3) is 0.538. The Morgan fingerprint density at radius 1 is 1.61 bits per heavy atom. The van der Waals surface area contributed by atoms with Gasteiger partial charge in [-0.2, -0.15) is 5.26 Å². The molecule has 1 rings (SSSR count). The van der Waals surface area contributed by atoms with Crippen LogP contribution < -0.4 is 0 Å². The maximum Gasteiger partial charge on any atom is 0.199 e. The molecule has 1 N–H and O–H groups in total. The van der Waals surface area contributed by atoms with Gasteiger partial charge in [0.25, 0.3) is 0 Å². The van der Waals surface area contributed by atoms with Crippen LogP contribution in [-0.4, -0.2) is 23.0 Å². The molecule has 18 heavy (non-hydrogen) atoms. The number of aliphatic hydroxyl groups is 1. The van der Waals surface area contributed by atoms with Crippen LogP contribution in [0.5, 0.6) is 0 Å². The van der Waals surface area contributed by atoms with Crippen molar-refractivity contribution < 1.29 is 9.84 Å². The maximum atomic E-state index is 9.72. The second-order valence-electron chi connectivity index (χ2n) is 4.37. The number of pyridine rings is 1. The predicted molar refractivity (Wildman–Crippen MR) is 71.2 cm³/mol. The molecule has 1 atom stereocenters. The number of ether oxygens (including phenoxy) is 1. The van der Waals surface area contributed by atoms with Crippen LogP contribution in [0.4, 0.5) is 0 Å². The molecule has 1 heterocycles. The maximum absolute atomic E-state index is 9.72. The van der Waals surface area contributed by atoms with E-state index in [9.17, 15) is 5.11 Å². The molecule has 0 fully saturated rings. The Labute approximate surface area is 112 Å². The van der Waals surface area contributed by atoms with E-state index in [0.717, 1.165) is 16.2 Å². The first-order valence-corrected chi connectivity index (χ1v) is 6.70. The van der Waals surface area contributed by atoms with E-state index in [4.69, 9.17) is 10.00 Å². The van der Waals surface area contributed by atoms with E-state index in [2.05, 4.69) is 11.1 Å². The highest BCUT2D eigenvalue weighted by Crippen LogP contribution is 2.31. The SMILES string of the molecule is CCSc1cc(C(C)(C)C#N)cnc1C(O)OC. The molecule has 1 aromatic rings. The largest absolute Gasteiger partial charge is 0.363 e. The third-order valence-corrected chi connectivity index (χ3v) is 3.57. The molecule has 98 valence electrons. The summed E-state index contributed by atoms with van der Waals surface area (Å²) < 4.78 is 4.89. The highest BCUT2D eigenvalue weighted by atomic mass is 32.2. The summed E-state index contributed by atoms with van der Waals surface area (Å²) in [6.45, 7) is 5.71. The van der Waals surface area contributed by atoms with E-state index in [1.165, 1.54) is 7.11 Å². The van der Waals surface area contributed by atoms with Crippen LogP contribution in [0.15, 0.2) is 17.2 Å². The van der Waals surface area contributed by atoms with E-state index in [1.807, 2.05) is 26.8 Å². The molecule has 0 aliphatic carbocycles. The number of methoxy groups -OCH3 is 1. The monoisotopic (exact) mass is 266 g/mol. The highest BCUT2D eigenvalue weighted by molar-refractivity contribution is 7.99. The van der Waals surface area contributed by atoms with Gasteiger partial charge in [0.15, 0.2) is 6.29 Å². The predicted octanol–water partition coefficient (Wildman–Crippen LogP) is 2.63. The summed E-state index contributed by atoms with van der Waals surface area (Å²) in [7, 11) is 1.43. The summed E-state index contributed by atoms with van der Waals surface area (Å²) in [4.78, 5) is 5.09. The summed E-state index contributed by atoms with van der Waals surface area (Å²) in [5.41, 5.74) is 0.752. The van der Waals surface area contributed by atoms with Crippen LogP contribution in [-0.2, 0) is 10.2 Å². The standard InChI is InChI=1S/C13H18N2O2S/c1-5-18-10-6-9(13(2,3)8-14)7-15-11(10)12(16)17-4/h6-7,12,16H,5H2,1-4H3. The first-order valence-electron chi connectivity index (χ1n) is 5.71. The Balaban J connectivity index is 3.23. The van der Waals surface area contributed by atoms with E-state index in [-0.39, 0.29) is 0 Å². The Hall–Kier alpha value is -1.09. The van der Waals surface area contributed by atoms with Crippen LogP contribution in [0, 0.1) is 11.3 Å². The van der Waals surface area contributed by atoms with Gasteiger partial charge >= 0.3 is 0 Å². The van der Waals surface area contributed by atoms with Gasteiger partial charge < -0.3 is 9.84 Å². The molecule has 0 radical (unpaired) electrons. The number of nitrogens with zero attached hydrogens (tertiary/aromatic N) is 2. The molecular weight excluding hydrogens is 248 g/mol. The molecule has 1 unspecified atom stereocenters. The van der Waals surface area contributed by atoms with Crippen LogP contribution in [0.3, 0.4) is 0 Å². The van der Waals surface area contributed by atoms with Gasteiger partial charge in [-0.1, -0.05) is 6.92 Å². The van der Waals surface area contributed by atoms with Crippen LogP contribution in [0.2, 0.25) is 0 Å². The Morgan fingerprint density at radius 3 is 2.78 bits per heavy atom. The molecule has 0 aromatic carbocycles. The molecule has 0 aliphatic rings. The molecule has 0 spiro atoms. The second kappa shape index (κ2) is 6.19. The van der Waals surface area contributed by atoms with Crippen LogP contribution in [0.25, 0.3) is 0 Å². The van der Waals surface area contributed by atoms with Crippen molar-refractivity contribution in [2.24, 2.45) is 0 Å². The normalized spacial score (nSPS) is 13.1.